The maximum absolute atomic E-state index is 2.54. The molecule has 248 valence electrons. The van der Waals surface area contributed by atoms with E-state index in [0.29, 0.717) is 0 Å². The minimum atomic E-state index is 1.22. The van der Waals surface area contributed by atoms with Crippen molar-refractivity contribution in [2.45, 2.75) is 0 Å². The number of hydrogen-bond donors (Lipinski definition) is 0. The van der Waals surface area contributed by atoms with Gasteiger partial charge in [0, 0.05) is 0 Å². The van der Waals surface area contributed by atoms with Crippen LogP contribution in [0.5, 0.6) is 0 Å². The number of fused-ring (bicyclic) bond motifs is 8. The van der Waals surface area contributed by atoms with Crippen molar-refractivity contribution < 1.29 is 0 Å². The Morgan fingerprint density at radius 2 is 0.648 bits per heavy atom. The minimum Gasteiger partial charge on any atom is -0.0622 e. The highest BCUT2D eigenvalue weighted by Gasteiger charge is 2.27. The lowest BCUT2D eigenvalue weighted by Crippen LogP contribution is -1.93. The van der Waals surface area contributed by atoms with Crippen molar-refractivity contribution in [1.29, 1.82) is 0 Å². The van der Waals surface area contributed by atoms with Crippen molar-refractivity contribution in [2.24, 2.45) is 0 Å². The predicted molar refractivity (Wildman–Crippen MR) is 233 cm³/mol. The summed E-state index contributed by atoms with van der Waals surface area (Å²) in [6, 6.07) is 72.1. The number of benzene rings is 10. The molecule has 0 aliphatic heterocycles. The topological polar surface area (TPSA) is 0 Å². The fourth-order valence-corrected chi connectivity index (χ4v) is 9.83. The van der Waals surface area contributed by atoms with Gasteiger partial charge in [-0.3, -0.25) is 0 Å². The van der Waals surface area contributed by atoms with Crippen LogP contribution in [-0.2, 0) is 0 Å². The smallest absolute Gasteiger partial charge is 0.000718 e. The van der Waals surface area contributed by atoms with Crippen LogP contribution in [0.25, 0.3) is 120 Å². The standard InChI is InChI=1S/C54H32/c1-4-16-33(17-5-1)36-22-10-13-25-41(36)51-47-32-46-39-24-12-11-23-38(39)42-27-15-28-43(50(42)46)52(47)48(35-20-8-3-9-21-35)53-45-31-30-37(34-18-6-2-7-19-34)40-26-14-29-44(49(40)45)54(51)53/h1-32H. The van der Waals surface area contributed by atoms with Crippen molar-refractivity contribution in [3.63, 3.8) is 0 Å². The number of hydrogen-bond acceptors (Lipinski definition) is 0. The van der Waals surface area contributed by atoms with Crippen LogP contribution in [0.15, 0.2) is 194 Å². The molecule has 0 N–H and O–H groups in total. The molecule has 0 heteroatoms. The molecule has 0 nitrogen and oxygen atoms in total. The van der Waals surface area contributed by atoms with Crippen LogP contribution >= 0.6 is 0 Å². The average Bonchev–Trinajstić information content (AvgIpc) is 3.75. The molecule has 0 radical (unpaired) electrons. The molecule has 0 bridgehead atoms. The molecule has 12 rings (SSSR count). The molecule has 0 aromatic heterocycles. The van der Waals surface area contributed by atoms with E-state index in [1.54, 1.807) is 0 Å². The van der Waals surface area contributed by atoms with Crippen LogP contribution in [0.4, 0.5) is 0 Å². The normalized spacial score (nSPS) is 12.1. The Hall–Kier alpha value is -7.02. The van der Waals surface area contributed by atoms with Crippen LogP contribution in [0.3, 0.4) is 0 Å². The first-order valence-corrected chi connectivity index (χ1v) is 18.9. The Kier molecular flexibility index (Phi) is 6.15. The molecule has 0 aliphatic carbocycles. The van der Waals surface area contributed by atoms with Crippen molar-refractivity contribution in [1.82, 2.24) is 0 Å². The Morgan fingerprint density at radius 3 is 1.35 bits per heavy atom. The van der Waals surface area contributed by atoms with Gasteiger partial charge in [-0.05, 0) is 126 Å². The molecule has 12 aromatic rings. The van der Waals surface area contributed by atoms with Crippen LogP contribution in [0.2, 0.25) is 0 Å². The van der Waals surface area contributed by atoms with Crippen molar-refractivity contribution in [3.05, 3.63) is 194 Å². The average molecular weight is 681 g/mol. The molecule has 0 heterocycles. The van der Waals surface area contributed by atoms with E-state index in [-0.39, 0.29) is 0 Å². The van der Waals surface area contributed by atoms with Crippen LogP contribution in [0.1, 0.15) is 0 Å². The molecular weight excluding hydrogens is 649 g/mol. The Balaban J connectivity index is 1.40. The van der Waals surface area contributed by atoms with Gasteiger partial charge in [-0.15, -0.1) is 0 Å². The number of rotatable bonds is 4. The van der Waals surface area contributed by atoms with Gasteiger partial charge in [0.25, 0.3) is 0 Å². The third-order valence-electron chi connectivity index (χ3n) is 11.9. The highest BCUT2D eigenvalue weighted by Crippen LogP contribution is 2.56. The first kappa shape index (κ1) is 29.5. The lowest BCUT2D eigenvalue weighted by molar-refractivity contribution is 1.61. The van der Waals surface area contributed by atoms with Gasteiger partial charge >= 0.3 is 0 Å². The summed E-state index contributed by atoms with van der Waals surface area (Å²) in [4.78, 5) is 0. The van der Waals surface area contributed by atoms with Gasteiger partial charge in [-0.2, -0.15) is 0 Å². The molecule has 0 spiro atoms. The SMILES string of the molecule is c1ccc(-c2ccccc2-c2c3cc4c5ccccc5c5cccc(c3c(-c3ccccc3)c3c6ccc(-c7ccccc7)c7cccc(c23)c76)c54)cc1. The molecular formula is C54H32. The van der Waals surface area contributed by atoms with Gasteiger partial charge in [-0.25, -0.2) is 0 Å². The fourth-order valence-electron chi connectivity index (χ4n) is 9.83. The molecule has 54 heavy (non-hydrogen) atoms. The summed E-state index contributed by atoms with van der Waals surface area (Å²) in [5, 5.41) is 18.4. The van der Waals surface area contributed by atoms with Crippen LogP contribution in [-0.4, -0.2) is 0 Å². The van der Waals surface area contributed by atoms with Crippen molar-refractivity contribution in [3.8, 4) is 44.5 Å². The van der Waals surface area contributed by atoms with Gasteiger partial charge in [0.05, 0.1) is 0 Å². The van der Waals surface area contributed by atoms with Gasteiger partial charge in [0.2, 0.25) is 0 Å². The molecule has 0 fully saturated rings. The molecule has 0 saturated carbocycles. The van der Waals surface area contributed by atoms with Gasteiger partial charge < -0.3 is 0 Å². The van der Waals surface area contributed by atoms with E-state index in [4.69, 9.17) is 0 Å². The van der Waals surface area contributed by atoms with E-state index < -0.39 is 0 Å². The highest BCUT2D eigenvalue weighted by atomic mass is 14.3. The second-order valence-electron chi connectivity index (χ2n) is 14.7. The largest absolute Gasteiger partial charge is 0.0622 e. The second-order valence-corrected chi connectivity index (χ2v) is 14.7. The summed E-state index contributed by atoms with van der Waals surface area (Å²) >= 11 is 0. The fraction of sp³-hybridized carbons (Fsp3) is 0. The molecule has 0 unspecified atom stereocenters. The van der Waals surface area contributed by atoms with E-state index in [1.807, 2.05) is 0 Å². The van der Waals surface area contributed by atoms with Crippen LogP contribution < -0.4 is 0 Å². The van der Waals surface area contributed by atoms with Crippen LogP contribution in [0, 0.1) is 0 Å². The van der Waals surface area contributed by atoms with Gasteiger partial charge in [0.15, 0.2) is 0 Å². The maximum Gasteiger partial charge on any atom is -0.000718 e. The zero-order valence-electron chi connectivity index (χ0n) is 29.5. The zero-order valence-corrected chi connectivity index (χ0v) is 29.5. The first-order valence-electron chi connectivity index (χ1n) is 18.9. The molecule has 0 amide bonds. The van der Waals surface area contributed by atoms with Crippen molar-refractivity contribution >= 4 is 75.4 Å². The summed E-state index contributed by atoms with van der Waals surface area (Å²) in [6.07, 6.45) is 0. The Bertz CT molecular complexity index is 3390. The molecule has 0 aliphatic rings. The van der Waals surface area contributed by atoms with E-state index in [1.165, 1.54) is 120 Å². The van der Waals surface area contributed by atoms with Gasteiger partial charge in [-0.1, -0.05) is 188 Å². The predicted octanol–water partition coefficient (Wildman–Crippen LogP) is 15.3. The lowest BCUT2D eigenvalue weighted by atomic mass is 9.82. The Labute approximate surface area is 312 Å². The zero-order chi connectivity index (χ0) is 35.3. The van der Waals surface area contributed by atoms with E-state index in [2.05, 4.69) is 194 Å². The first-order chi connectivity index (χ1) is 26.8. The van der Waals surface area contributed by atoms with Crippen molar-refractivity contribution in [2.75, 3.05) is 0 Å². The minimum absolute atomic E-state index is 1.22. The lowest BCUT2D eigenvalue weighted by Gasteiger charge is -2.20. The Morgan fingerprint density at radius 1 is 0.185 bits per heavy atom. The molecule has 12 aromatic carbocycles. The monoisotopic (exact) mass is 680 g/mol. The maximum atomic E-state index is 2.54. The summed E-state index contributed by atoms with van der Waals surface area (Å²) < 4.78 is 0. The molecule has 0 atom stereocenters. The summed E-state index contributed by atoms with van der Waals surface area (Å²) in [5.74, 6) is 0. The quantitative estimate of drug-likeness (QED) is 0.162. The summed E-state index contributed by atoms with van der Waals surface area (Å²) in [5.41, 5.74) is 10.1. The third kappa shape index (κ3) is 3.97. The highest BCUT2D eigenvalue weighted by molar-refractivity contribution is 6.45. The summed E-state index contributed by atoms with van der Waals surface area (Å²) in [7, 11) is 0. The third-order valence-corrected chi connectivity index (χ3v) is 11.9. The van der Waals surface area contributed by atoms with E-state index in [9.17, 15) is 0 Å². The summed E-state index contributed by atoms with van der Waals surface area (Å²) in [6.45, 7) is 0. The van der Waals surface area contributed by atoms with Gasteiger partial charge in [0.1, 0.15) is 0 Å². The van der Waals surface area contributed by atoms with E-state index in [0.717, 1.165) is 0 Å². The second kappa shape index (κ2) is 11.2. The van der Waals surface area contributed by atoms with E-state index >= 15 is 0 Å². The molecule has 0 saturated heterocycles.